The van der Waals surface area contributed by atoms with Gasteiger partial charge in [0.1, 0.15) is 11.9 Å². The van der Waals surface area contributed by atoms with Gasteiger partial charge in [-0.05, 0) is 37.8 Å². The van der Waals surface area contributed by atoms with Crippen LogP contribution in [-0.2, 0) is 0 Å². The minimum atomic E-state index is -0.783. The third kappa shape index (κ3) is 4.72. The summed E-state index contributed by atoms with van der Waals surface area (Å²) < 4.78 is 0. The molecule has 1 atom stereocenters. The molecule has 0 bridgehead atoms. The second-order valence-corrected chi connectivity index (χ2v) is 5.29. The Labute approximate surface area is 109 Å². The predicted octanol–water partition coefficient (Wildman–Crippen LogP) is 2.55. The van der Waals surface area contributed by atoms with E-state index >= 15 is 0 Å². The van der Waals surface area contributed by atoms with E-state index in [2.05, 4.69) is 30.2 Å². The van der Waals surface area contributed by atoms with Crippen molar-refractivity contribution in [1.29, 1.82) is 5.26 Å². The lowest BCUT2D eigenvalue weighted by Gasteiger charge is -2.25. The number of aromatic nitrogens is 1. The van der Waals surface area contributed by atoms with Gasteiger partial charge in [-0.25, -0.2) is 4.98 Å². The molecular formula is C14H21N3O. The number of hydrogen-bond acceptors (Lipinski definition) is 4. The maximum absolute atomic E-state index is 10.2. The van der Waals surface area contributed by atoms with Crippen LogP contribution in [0.25, 0.3) is 0 Å². The van der Waals surface area contributed by atoms with E-state index < -0.39 is 5.60 Å². The average Bonchev–Trinajstić information content (AvgIpc) is 2.34. The van der Waals surface area contributed by atoms with E-state index in [1.165, 1.54) is 0 Å². The van der Waals surface area contributed by atoms with Crippen molar-refractivity contribution >= 4 is 5.82 Å². The highest BCUT2D eigenvalue weighted by atomic mass is 16.3. The standard InChI is InChI=1S/C14H21N3O/c1-11(2)6-7-14(3,18)10-17-13-12(9-15)5-4-8-16-13/h4-5,8,11,18H,6-7,10H2,1-3H3,(H,16,17). The van der Waals surface area contributed by atoms with Crippen molar-refractivity contribution < 1.29 is 5.11 Å². The topological polar surface area (TPSA) is 68.9 Å². The molecule has 98 valence electrons. The van der Waals surface area contributed by atoms with Gasteiger partial charge >= 0.3 is 0 Å². The van der Waals surface area contributed by atoms with Gasteiger partial charge in [-0.2, -0.15) is 5.26 Å². The molecule has 18 heavy (non-hydrogen) atoms. The van der Waals surface area contributed by atoms with Crippen LogP contribution in [0.4, 0.5) is 5.82 Å². The van der Waals surface area contributed by atoms with Crippen LogP contribution in [-0.4, -0.2) is 22.2 Å². The maximum Gasteiger partial charge on any atom is 0.143 e. The quantitative estimate of drug-likeness (QED) is 0.810. The number of nitrogens with zero attached hydrogens (tertiary/aromatic N) is 2. The first-order valence-corrected chi connectivity index (χ1v) is 6.26. The van der Waals surface area contributed by atoms with E-state index in [1.54, 1.807) is 25.3 Å². The van der Waals surface area contributed by atoms with Gasteiger partial charge in [0.2, 0.25) is 0 Å². The molecule has 0 aromatic carbocycles. The Morgan fingerprint density at radius 1 is 1.56 bits per heavy atom. The highest BCUT2D eigenvalue weighted by molar-refractivity contribution is 5.51. The highest BCUT2D eigenvalue weighted by Gasteiger charge is 2.20. The first-order chi connectivity index (χ1) is 8.44. The van der Waals surface area contributed by atoms with Crippen LogP contribution in [0.2, 0.25) is 0 Å². The molecule has 2 N–H and O–H groups in total. The van der Waals surface area contributed by atoms with Gasteiger partial charge in [-0.1, -0.05) is 13.8 Å². The van der Waals surface area contributed by atoms with E-state index in [0.717, 1.165) is 12.8 Å². The monoisotopic (exact) mass is 247 g/mol. The Kier molecular flexibility index (Phi) is 5.11. The Bertz CT molecular complexity index is 421. The molecule has 1 aromatic heterocycles. The first-order valence-electron chi connectivity index (χ1n) is 6.26. The summed E-state index contributed by atoms with van der Waals surface area (Å²) in [6.45, 7) is 6.47. The van der Waals surface area contributed by atoms with Crippen LogP contribution in [0.5, 0.6) is 0 Å². The summed E-state index contributed by atoms with van der Waals surface area (Å²) in [6, 6.07) is 5.50. The number of nitriles is 1. The lowest BCUT2D eigenvalue weighted by atomic mass is 9.95. The van der Waals surface area contributed by atoms with Crippen LogP contribution in [0, 0.1) is 17.2 Å². The summed E-state index contributed by atoms with van der Waals surface area (Å²) in [7, 11) is 0. The van der Waals surface area contributed by atoms with Gasteiger partial charge in [0.05, 0.1) is 11.2 Å². The zero-order chi connectivity index (χ0) is 13.6. The molecule has 1 rings (SSSR count). The number of aliphatic hydroxyl groups is 1. The van der Waals surface area contributed by atoms with Gasteiger partial charge in [0.25, 0.3) is 0 Å². The van der Waals surface area contributed by atoms with Crippen LogP contribution < -0.4 is 5.32 Å². The minimum absolute atomic E-state index is 0.394. The van der Waals surface area contributed by atoms with Gasteiger partial charge in [0, 0.05) is 12.7 Å². The molecule has 4 heteroatoms. The molecule has 0 amide bonds. The SMILES string of the molecule is CC(C)CCC(C)(O)CNc1ncccc1C#N. The molecule has 4 nitrogen and oxygen atoms in total. The van der Waals surface area contributed by atoms with Crippen molar-refractivity contribution in [3.05, 3.63) is 23.9 Å². The predicted molar refractivity (Wildman–Crippen MR) is 72.1 cm³/mol. The normalized spacial score (nSPS) is 14.0. The first kappa shape index (κ1) is 14.5. The van der Waals surface area contributed by atoms with E-state index in [-0.39, 0.29) is 0 Å². The summed E-state index contributed by atoms with van der Waals surface area (Å²) in [5, 5.41) is 22.2. The summed E-state index contributed by atoms with van der Waals surface area (Å²) >= 11 is 0. The molecule has 0 saturated carbocycles. The lowest BCUT2D eigenvalue weighted by molar-refractivity contribution is 0.0585. The molecule has 0 spiro atoms. The smallest absolute Gasteiger partial charge is 0.143 e. The summed E-state index contributed by atoms with van der Waals surface area (Å²) in [5.41, 5.74) is -0.286. The van der Waals surface area contributed by atoms with Crippen molar-refractivity contribution in [1.82, 2.24) is 4.98 Å². The fraction of sp³-hybridized carbons (Fsp3) is 0.571. The molecule has 0 radical (unpaired) electrons. The highest BCUT2D eigenvalue weighted by Crippen LogP contribution is 2.18. The Balaban J connectivity index is 2.56. The van der Waals surface area contributed by atoms with E-state index in [4.69, 9.17) is 5.26 Å². The van der Waals surface area contributed by atoms with E-state index in [1.807, 2.05) is 0 Å². The van der Waals surface area contributed by atoms with Crippen LogP contribution in [0.1, 0.15) is 39.2 Å². The number of rotatable bonds is 6. The average molecular weight is 247 g/mol. The van der Waals surface area contributed by atoms with Crippen LogP contribution >= 0.6 is 0 Å². The molecule has 0 aliphatic carbocycles. The number of anilines is 1. The van der Waals surface area contributed by atoms with Gasteiger partial charge in [-0.15, -0.1) is 0 Å². The largest absolute Gasteiger partial charge is 0.388 e. The van der Waals surface area contributed by atoms with Gasteiger partial charge in [0.15, 0.2) is 0 Å². The van der Waals surface area contributed by atoms with Crippen molar-refractivity contribution in [3.8, 4) is 6.07 Å². The molecule has 0 aliphatic heterocycles. The maximum atomic E-state index is 10.2. The fourth-order valence-corrected chi connectivity index (χ4v) is 1.60. The van der Waals surface area contributed by atoms with E-state index in [0.29, 0.717) is 23.8 Å². The van der Waals surface area contributed by atoms with Crippen molar-refractivity contribution in [2.24, 2.45) is 5.92 Å². The number of nitrogens with one attached hydrogen (secondary N) is 1. The summed E-state index contributed by atoms with van der Waals surface area (Å²) in [4.78, 5) is 4.10. The van der Waals surface area contributed by atoms with Crippen molar-refractivity contribution in [3.63, 3.8) is 0 Å². The third-order valence-corrected chi connectivity index (χ3v) is 2.83. The second kappa shape index (κ2) is 6.36. The van der Waals surface area contributed by atoms with E-state index in [9.17, 15) is 5.11 Å². The zero-order valence-corrected chi connectivity index (χ0v) is 11.3. The molecule has 0 aliphatic rings. The van der Waals surface area contributed by atoms with Crippen LogP contribution in [0.15, 0.2) is 18.3 Å². The zero-order valence-electron chi connectivity index (χ0n) is 11.3. The van der Waals surface area contributed by atoms with Crippen molar-refractivity contribution in [2.75, 3.05) is 11.9 Å². The molecule has 1 unspecified atom stereocenters. The minimum Gasteiger partial charge on any atom is -0.388 e. The Morgan fingerprint density at radius 2 is 2.28 bits per heavy atom. The lowest BCUT2D eigenvalue weighted by Crippen LogP contribution is -2.34. The van der Waals surface area contributed by atoms with Gasteiger partial charge in [-0.3, -0.25) is 0 Å². The number of pyridine rings is 1. The molecular weight excluding hydrogens is 226 g/mol. The summed E-state index contributed by atoms with van der Waals surface area (Å²) in [5.74, 6) is 1.10. The van der Waals surface area contributed by atoms with Gasteiger partial charge < -0.3 is 10.4 Å². The third-order valence-electron chi connectivity index (χ3n) is 2.83. The second-order valence-electron chi connectivity index (χ2n) is 5.29. The number of hydrogen-bond donors (Lipinski definition) is 2. The molecule has 1 heterocycles. The van der Waals surface area contributed by atoms with Crippen molar-refractivity contribution in [2.45, 2.75) is 39.2 Å². The molecule has 0 saturated heterocycles. The van der Waals surface area contributed by atoms with Crippen LogP contribution in [0.3, 0.4) is 0 Å². The molecule has 0 fully saturated rings. The Morgan fingerprint density at radius 3 is 2.89 bits per heavy atom. The molecule has 1 aromatic rings. The summed E-state index contributed by atoms with van der Waals surface area (Å²) in [6.07, 6.45) is 3.33. The Hall–Kier alpha value is -1.60. The fourth-order valence-electron chi connectivity index (χ4n) is 1.60.